The molecule has 0 aliphatic rings. The highest BCUT2D eigenvalue weighted by atomic mass is 79.9. The second-order valence-electron chi connectivity index (χ2n) is 4.98. The maximum absolute atomic E-state index is 13.6. The molecule has 0 amide bonds. The first-order valence-corrected chi connectivity index (χ1v) is 7.48. The summed E-state index contributed by atoms with van der Waals surface area (Å²) in [5, 5.41) is 0. The zero-order valence-electron chi connectivity index (χ0n) is 10.7. The Balaban J connectivity index is 3.05. The van der Waals surface area contributed by atoms with E-state index in [-0.39, 0.29) is 5.56 Å². The molecular formula is C12H15BrF3NOS. The molecule has 0 bridgehead atoms. The van der Waals surface area contributed by atoms with Crippen molar-refractivity contribution in [2.24, 2.45) is 0 Å². The molecule has 0 heterocycles. The van der Waals surface area contributed by atoms with Gasteiger partial charge in [0.25, 0.3) is 6.43 Å². The maximum Gasteiger partial charge on any atom is 0.262 e. The molecule has 1 rings (SSSR count). The Morgan fingerprint density at radius 2 is 1.89 bits per heavy atom. The lowest BCUT2D eigenvalue weighted by Gasteiger charge is -2.28. The lowest BCUT2D eigenvalue weighted by molar-refractivity contribution is 0.107. The number of benzene rings is 1. The van der Waals surface area contributed by atoms with E-state index < -0.39 is 34.4 Å². The quantitative estimate of drug-likeness (QED) is 0.828. The van der Waals surface area contributed by atoms with Crippen LogP contribution in [0, 0.1) is 5.82 Å². The van der Waals surface area contributed by atoms with Crippen molar-refractivity contribution in [3.63, 3.8) is 0 Å². The van der Waals surface area contributed by atoms with E-state index in [0.29, 0.717) is 4.47 Å². The predicted molar refractivity (Wildman–Crippen MR) is 73.9 cm³/mol. The smallest absolute Gasteiger partial charge is 0.262 e. The van der Waals surface area contributed by atoms with Crippen molar-refractivity contribution in [1.82, 2.24) is 4.72 Å². The standard InChI is InChI=1S/C12H15BrF3NOS/c1-12(2,3)19(18)17-10(11(15)16)8-6-7(13)4-5-9(8)14/h4-6,10-11,17H,1-3H3/t10-,19?/m1/s1. The summed E-state index contributed by atoms with van der Waals surface area (Å²) in [6, 6.07) is 2.16. The van der Waals surface area contributed by atoms with Crippen LogP contribution in [-0.4, -0.2) is 15.7 Å². The Morgan fingerprint density at radius 3 is 2.37 bits per heavy atom. The third-order valence-corrected chi connectivity index (χ3v) is 4.41. The summed E-state index contributed by atoms with van der Waals surface area (Å²) < 4.78 is 53.7. The number of hydrogen-bond acceptors (Lipinski definition) is 2. The van der Waals surface area contributed by atoms with E-state index in [2.05, 4.69) is 20.7 Å². The van der Waals surface area contributed by atoms with Crippen molar-refractivity contribution < 1.29 is 17.7 Å². The molecule has 0 saturated carbocycles. The predicted octanol–water partition coefficient (Wildman–Crippen LogP) is 3.95. The van der Waals surface area contributed by atoms with Gasteiger partial charge in [-0.05, 0) is 39.0 Å². The third-order valence-electron chi connectivity index (χ3n) is 2.34. The molecule has 1 N–H and O–H groups in total. The first-order chi connectivity index (χ1) is 8.62. The van der Waals surface area contributed by atoms with Crippen LogP contribution in [0.25, 0.3) is 0 Å². The first-order valence-electron chi connectivity index (χ1n) is 5.54. The van der Waals surface area contributed by atoms with Crippen LogP contribution >= 0.6 is 15.9 Å². The lowest BCUT2D eigenvalue weighted by Crippen LogP contribution is -2.43. The Kier molecular flexibility index (Phi) is 5.73. The van der Waals surface area contributed by atoms with E-state index in [0.717, 1.165) is 6.07 Å². The Morgan fingerprint density at radius 1 is 1.32 bits per heavy atom. The molecule has 1 unspecified atom stereocenters. The summed E-state index contributed by atoms with van der Waals surface area (Å²) in [6.07, 6.45) is -2.87. The van der Waals surface area contributed by atoms with Crippen LogP contribution in [0.3, 0.4) is 0 Å². The molecule has 7 heteroatoms. The highest BCUT2D eigenvalue weighted by Gasteiger charge is 2.35. The van der Waals surface area contributed by atoms with Crippen molar-refractivity contribution in [1.29, 1.82) is 0 Å². The van der Waals surface area contributed by atoms with Gasteiger partial charge in [-0.1, -0.05) is 15.9 Å². The normalized spacial score (nSPS) is 15.6. The molecule has 19 heavy (non-hydrogen) atoms. The second kappa shape index (κ2) is 6.47. The van der Waals surface area contributed by atoms with Crippen LogP contribution < -0.4 is 4.72 Å². The van der Waals surface area contributed by atoms with Crippen LogP contribution in [0.2, 0.25) is 0 Å². The van der Waals surface area contributed by atoms with Gasteiger partial charge in [-0.15, -0.1) is 4.72 Å². The fourth-order valence-electron chi connectivity index (χ4n) is 1.30. The molecular weight excluding hydrogens is 343 g/mol. The largest absolute Gasteiger partial charge is 0.598 e. The fourth-order valence-corrected chi connectivity index (χ4v) is 2.49. The molecule has 1 aromatic rings. The van der Waals surface area contributed by atoms with Crippen molar-refractivity contribution >= 4 is 27.3 Å². The average Bonchev–Trinajstić information content (AvgIpc) is 2.27. The van der Waals surface area contributed by atoms with E-state index in [4.69, 9.17) is 0 Å². The van der Waals surface area contributed by atoms with Gasteiger partial charge in [-0.3, -0.25) is 0 Å². The van der Waals surface area contributed by atoms with Crippen molar-refractivity contribution in [3.8, 4) is 0 Å². The van der Waals surface area contributed by atoms with Gasteiger partial charge < -0.3 is 4.55 Å². The molecule has 0 aliphatic carbocycles. The molecule has 0 saturated heterocycles. The summed E-state index contributed by atoms with van der Waals surface area (Å²) in [5.41, 5.74) is -0.207. The maximum atomic E-state index is 13.6. The van der Waals surface area contributed by atoms with E-state index >= 15 is 0 Å². The fraction of sp³-hybridized carbons (Fsp3) is 0.500. The van der Waals surface area contributed by atoms with Gasteiger partial charge in [-0.2, -0.15) is 0 Å². The summed E-state index contributed by atoms with van der Waals surface area (Å²) in [5.74, 6) is -0.757. The molecule has 1 aromatic carbocycles. The van der Waals surface area contributed by atoms with Gasteiger partial charge >= 0.3 is 0 Å². The summed E-state index contributed by atoms with van der Waals surface area (Å²) >= 11 is 1.39. The zero-order valence-corrected chi connectivity index (χ0v) is 13.1. The molecule has 0 aromatic heterocycles. The number of alkyl halides is 2. The average molecular weight is 358 g/mol. The van der Waals surface area contributed by atoms with Gasteiger partial charge in [0.2, 0.25) is 0 Å². The minimum absolute atomic E-state index is 0.207. The molecule has 108 valence electrons. The van der Waals surface area contributed by atoms with Gasteiger partial charge in [-0.25, -0.2) is 13.2 Å². The first kappa shape index (κ1) is 16.8. The van der Waals surface area contributed by atoms with E-state index in [1.165, 1.54) is 12.1 Å². The van der Waals surface area contributed by atoms with E-state index in [9.17, 15) is 17.7 Å². The molecule has 0 fully saturated rings. The molecule has 0 radical (unpaired) electrons. The molecule has 2 atom stereocenters. The summed E-state index contributed by atoms with van der Waals surface area (Å²) in [7, 11) is 0. The summed E-state index contributed by atoms with van der Waals surface area (Å²) in [6.45, 7) is 4.95. The minimum atomic E-state index is -2.87. The number of rotatable bonds is 4. The van der Waals surface area contributed by atoms with Crippen LogP contribution in [0.15, 0.2) is 22.7 Å². The SMILES string of the molecule is CC(C)(C)[S+]([O-])N[C@H](c1cc(Br)ccc1F)C(F)F. The third kappa shape index (κ3) is 4.66. The highest BCUT2D eigenvalue weighted by Crippen LogP contribution is 2.28. The lowest BCUT2D eigenvalue weighted by atomic mass is 10.1. The monoisotopic (exact) mass is 357 g/mol. The second-order valence-corrected chi connectivity index (χ2v) is 7.89. The van der Waals surface area contributed by atoms with Gasteiger partial charge in [0.1, 0.15) is 16.6 Å². The van der Waals surface area contributed by atoms with Gasteiger partial charge in [0.15, 0.2) is 0 Å². The van der Waals surface area contributed by atoms with E-state index in [1.807, 2.05) is 0 Å². The van der Waals surface area contributed by atoms with Crippen molar-refractivity contribution in [2.45, 2.75) is 38.0 Å². The Labute approximate surface area is 122 Å². The zero-order chi connectivity index (χ0) is 14.8. The van der Waals surface area contributed by atoms with Crippen LogP contribution in [0.5, 0.6) is 0 Å². The molecule has 0 spiro atoms. The topological polar surface area (TPSA) is 35.1 Å². The number of nitrogens with one attached hydrogen (secondary N) is 1. The highest BCUT2D eigenvalue weighted by molar-refractivity contribution is 9.10. The summed E-state index contributed by atoms with van der Waals surface area (Å²) in [4.78, 5) is 0. The molecule has 0 aliphatic heterocycles. The minimum Gasteiger partial charge on any atom is -0.598 e. The van der Waals surface area contributed by atoms with E-state index in [1.54, 1.807) is 20.8 Å². The van der Waals surface area contributed by atoms with Crippen LogP contribution in [-0.2, 0) is 11.4 Å². The van der Waals surface area contributed by atoms with Crippen molar-refractivity contribution in [2.75, 3.05) is 0 Å². The van der Waals surface area contributed by atoms with Crippen LogP contribution in [0.1, 0.15) is 32.4 Å². The van der Waals surface area contributed by atoms with Gasteiger partial charge in [0, 0.05) is 21.4 Å². The Hall–Kier alpha value is -0.240. The van der Waals surface area contributed by atoms with Crippen LogP contribution in [0.4, 0.5) is 13.2 Å². The Bertz CT molecular complexity index is 439. The van der Waals surface area contributed by atoms with Crippen molar-refractivity contribution in [3.05, 3.63) is 34.1 Å². The van der Waals surface area contributed by atoms with Gasteiger partial charge in [0.05, 0.1) is 0 Å². The number of halogens is 4. The number of hydrogen-bond donors (Lipinski definition) is 1. The molecule has 2 nitrogen and oxygen atoms in total.